The molecule has 3 aromatic heterocycles. The molecule has 1 N–H and O–H groups in total. The maximum absolute atomic E-state index is 11.6. The molecule has 10 heteroatoms. The summed E-state index contributed by atoms with van der Waals surface area (Å²) in [6.07, 6.45) is 8.23. The van der Waals surface area contributed by atoms with Gasteiger partial charge >= 0.3 is 0 Å². The summed E-state index contributed by atoms with van der Waals surface area (Å²) in [4.78, 5) is 22.7. The van der Waals surface area contributed by atoms with Gasteiger partial charge in [-0.15, -0.1) is 0 Å². The van der Waals surface area contributed by atoms with Crippen molar-refractivity contribution in [2.24, 2.45) is 0 Å². The van der Waals surface area contributed by atoms with Crippen LogP contribution in [0.15, 0.2) is 65.6 Å². The highest BCUT2D eigenvalue weighted by Gasteiger charge is 2.21. The zero-order chi connectivity index (χ0) is 28.7. The summed E-state index contributed by atoms with van der Waals surface area (Å²) in [5.41, 5.74) is 4.37. The molecule has 2 aliphatic rings. The van der Waals surface area contributed by atoms with Gasteiger partial charge in [-0.3, -0.25) is 14.7 Å². The van der Waals surface area contributed by atoms with E-state index in [1.807, 2.05) is 60.2 Å². The first-order valence-corrected chi connectivity index (χ1v) is 14.4. The van der Waals surface area contributed by atoms with Gasteiger partial charge in [0.1, 0.15) is 17.6 Å². The number of nitrogens with zero attached hydrogens (tertiary/aromatic N) is 5. The number of imidazole rings is 1. The summed E-state index contributed by atoms with van der Waals surface area (Å²) in [5.74, 6) is 7.95. The Hall–Kier alpha value is -4.30. The standard InChI is InChI=1S/C32H34N6O4/c1-23(41-31-4-2-3-17-40-31)32-34-14-16-38(32)21-28-18-29(42-36-28)26-10-7-24(8-11-26)5-6-25-9-12-27(35-19-25)20-37-15-13-33-30(39)22-37/h7-12,14,16,18-19,23,31H,2-4,13,15,17,20-22H2,1H3,(H,33,39)/t23-,31?/m0/s1. The van der Waals surface area contributed by atoms with E-state index in [2.05, 4.69) is 37.2 Å². The van der Waals surface area contributed by atoms with Crippen molar-refractivity contribution in [3.63, 3.8) is 0 Å². The van der Waals surface area contributed by atoms with Crippen LogP contribution in [0.25, 0.3) is 11.3 Å². The van der Waals surface area contributed by atoms with Crippen LogP contribution < -0.4 is 5.32 Å². The maximum atomic E-state index is 11.6. The molecular weight excluding hydrogens is 532 g/mol. The van der Waals surface area contributed by atoms with Gasteiger partial charge in [-0.05, 0) is 62.6 Å². The third-order valence-electron chi connectivity index (χ3n) is 7.34. The fraction of sp³-hybridized carbons (Fsp3) is 0.375. The molecule has 2 saturated heterocycles. The van der Waals surface area contributed by atoms with E-state index in [1.54, 1.807) is 12.4 Å². The zero-order valence-electron chi connectivity index (χ0n) is 23.7. The molecule has 0 saturated carbocycles. The first kappa shape index (κ1) is 27.8. The minimum atomic E-state index is -0.193. The van der Waals surface area contributed by atoms with Gasteiger partial charge in [0.2, 0.25) is 5.91 Å². The normalized spacial score (nSPS) is 18.2. The largest absolute Gasteiger partial charge is 0.356 e. The molecular formula is C32H34N6O4. The number of piperazine rings is 1. The molecule has 6 rings (SSSR count). The number of pyridine rings is 1. The molecule has 42 heavy (non-hydrogen) atoms. The van der Waals surface area contributed by atoms with Crippen molar-refractivity contribution in [1.82, 2.24) is 29.9 Å². The predicted molar refractivity (Wildman–Crippen MR) is 155 cm³/mol. The highest BCUT2D eigenvalue weighted by Crippen LogP contribution is 2.25. The van der Waals surface area contributed by atoms with Gasteiger partial charge < -0.3 is 23.9 Å². The second-order valence-corrected chi connectivity index (χ2v) is 10.6. The molecule has 216 valence electrons. The highest BCUT2D eigenvalue weighted by atomic mass is 16.7. The van der Waals surface area contributed by atoms with E-state index in [4.69, 9.17) is 14.0 Å². The molecule has 2 atom stereocenters. The smallest absolute Gasteiger partial charge is 0.234 e. The fourth-order valence-electron chi connectivity index (χ4n) is 5.13. The number of carbonyl (C=O) groups excluding carboxylic acids is 1. The lowest BCUT2D eigenvalue weighted by molar-refractivity contribution is -0.188. The van der Waals surface area contributed by atoms with E-state index >= 15 is 0 Å². The van der Waals surface area contributed by atoms with Crippen molar-refractivity contribution in [3.05, 3.63) is 89.4 Å². The lowest BCUT2D eigenvalue weighted by Gasteiger charge is -2.26. The van der Waals surface area contributed by atoms with E-state index in [-0.39, 0.29) is 18.3 Å². The molecule has 10 nitrogen and oxygen atoms in total. The molecule has 1 aromatic carbocycles. The van der Waals surface area contributed by atoms with Crippen molar-refractivity contribution >= 4 is 5.91 Å². The Labute approximate surface area is 245 Å². The van der Waals surface area contributed by atoms with E-state index in [0.717, 1.165) is 66.3 Å². The first-order valence-electron chi connectivity index (χ1n) is 14.4. The number of carbonyl (C=O) groups is 1. The number of amides is 1. The number of ether oxygens (including phenoxy) is 2. The van der Waals surface area contributed by atoms with Crippen LogP contribution in [-0.2, 0) is 27.4 Å². The summed E-state index contributed by atoms with van der Waals surface area (Å²) in [5, 5.41) is 7.12. The molecule has 1 amide bonds. The number of nitrogens with one attached hydrogen (secondary N) is 1. The van der Waals surface area contributed by atoms with Crippen LogP contribution in [0, 0.1) is 11.8 Å². The van der Waals surface area contributed by atoms with Crippen molar-refractivity contribution in [1.29, 1.82) is 0 Å². The minimum Gasteiger partial charge on any atom is -0.356 e. The maximum Gasteiger partial charge on any atom is 0.234 e. The van der Waals surface area contributed by atoms with Gasteiger partial charge in [0.05, 0.1) is 18.8 Å². The molecule has 0 aliphatic carbocycles. The monoisotopic (exact) mass is 566 g/mol. The quantitative estimate of drug-likeness (QED) is 0.320. The minimum absolute atomic E-state index is 0.0586. The van der Waals surface area contributed by atoms with Gasteiger partial charge in [0, 0.05) is 67.6 Å². The molecule has 0 bridgehead atoms. The summed E-state index contributed by atoms with van der Waals surface area (Å²) >= 11 is 0. The molecule has 4 aromatic rings. The Kier molecular flexibility index (Phi) is 8.70. The van der Waals surface area contributed by atoms with Crippen molar-refractivity contribution in [2.45, 2.75) is 51.7 Å². The number of aromatic nitrogens is 4. The molecule has 0 spiro atoms. The third-order valence-corrected chi connectivity index (χ3v) is 7.34. The van der Waals surface area contributed by atoms with Crippen LogP contribution in [0.5, 0.6) is 0 Å². The van der Waals surface area contributed by atoms with Crippen LogP contribution in [0.1, 0.15) is 60.6 Å². The number of benzene rings is 1. The van der Waals surface area contributed by atoms with Crippen molar-refractivity contribution in [2.75, 3.05) is 26.2 Å². The Balaban J connectivity index is 1.04. The van der Waals surface area contributed by atoms with E-state index in [9.17, 15) is 4.79 Å². The molecule has 0 radical (unpaired) electrons. The Morgan fingerprint density at radius 2 is 1.93 bits per heavy atom. The van der Waals surface area contributed by atoms with E-state index in [0.29, 0.717) is 31.9 Å². The molecule has 2 aliphatic heterocycles. The van der Waals surface area contributed by atoms with E-state index in [1.165, 1.54) is 0 Å². The molecule has 2 fully saturated rings. The third kappa shape index (κ3) is 7.12. The lowest BCUT2D eigenvalue weighted by atomic mass is 10.1. The Morgan fingerprint density at radius 1 is 1.07 bits per heavy atom. The predicted octanol–water partition coefficient (Wildman–Crippen LogP) is 3.92. The summed E-state index contributed by atoms with van der Waals surface area (Å²) in [7, 11) is 0. The molecule has 1 unspecified atom stereocenters. The number of hydrogen-bond acceptors (Lipinski definition) is 8. The zero-order valence-corrected chi connectivity index (χ0v) is 23.7. The van der Waals surface area contributed by atoms with Crippen LogP contribution in [0.4, 0.5) is 0 Å². The second-order valence-electron chi connectivity index (χ2n) is 10.6. The Bertz CT molecular complexity index is 1540. The van der Waals surface area contributed by atoms with Crippen LogP contribution in [0.3, 0.4) is 0 Å². The van der Waals surface area contributed by atoms with Crippen LogP contribution in [-0.4, -0.2) is 63.0 Å². The Morgan fingerprint density at radius 3 is 2.71 bits per heavy atom. The molecule has 5 heterocycles. The summed E-state index contributed by atoms with van der Waals surface area (Å²) < 4.78 is 19.5. The first-order chi connectivity index (χ1) is 20.6. The van der Waals surface area contributed by atoms with Gasteiger partial charge in [-0.25, -0.2) is 4.98 Å². The van der Waals surface area contributed by atoms with Crippen LogP contribution >= 0.6 is 0 Å². The van der Waals surface area contributed by atoms with E-state index < -0.39 is 0 Å². The average molecular weight is 567 g/mol. The summed E-state index contributed by atoms with van der Waals surface area (Å²) in [6.45, 7) is 5.84. The fourth-order valence-corrected chi connectivity index (χ4v) is 5.13. The summed E-state index contributed by atoms with van der Waals surface area (Å²) in [6, 6.07) is 13.8. The second kappa shape index (κ2) is 13.1. The number of rotatable bonds is 8. The highest BCUT2D eigenvalue weighted by molar-refractivity contribution is 5.78. The SMILES string of the molecule is C[C@H](OC1CCCCO1)c1nccn1Cc1cc(-c2ccc(C#Cc3ccc(CN4CCNC(=O)C4)nc3)cc2)on1. The van der Waals surface area contributed by atoms with Crippen molar-refractivity contribution in [3.8, 4) is 23.2 Å². The van der Waals surface area contributed by atoms with Crippen molar-refractivity contribution < 1.29 is 18.8 Å². The van der Waals surface area contributed by atoms with Crippen LogP contribution in [0.2, 0.25) is 0 Å². The van der Waals surface area contributed by atoms with Gasteiger partial charge in [0.25, 0.3) is 0 Å². The average Bonchev–Trinajstić information content (AvgIpc) is 3.68. The van der Waals surface area contributed by atoms with Gasteiger partial charge in [0.15, 0.2) is 12.1 Å². The lowest BCUT2D eigenvalue weighted by Crippen LogP contribution is -2.47. The van der Waals surface area contributed by atoms with Gasteiger partial charge in [-0.2, -0.15) is 0 Å². The topological polar surface area (TPSA) is 108 Å². The number of hydrogen-bond donors (Lipinski definition) is 1. The van der Waals surface area contributed by atoms with Gasteiger partial charge in [-0.1, -0.05) is 17.0 Å².